The topological polar surface area (TPSA) is 57.8 Å². The number of carboxylic acid groups (broad SMARTS) is 1. The van der Waals surface area contributed by atoms with Gasteiger partial charge in [-0.25, -0.2) is 4.98 Å². The van der Waals surface area contributed by atoms with E-state index in [-0.39, 0.29) is 5.92 Å². The number of hydrogen-bond donors (Lipinski definition) is 1. The van der Waals surface area contributed by atoms with Crippen LogP contribution in [0.5, 0.6) is 0 Å². The molecule has 0 aliphatic carbocycles. The first kappa shape index (κ1) is 11.7. The van der Waals surface area contributed by atoms with Crippen LogP contribution < -0.4 is 0 Å². The highest BCUT2D eigenvalue weighted by atomic mass is 32.1. The monoisotopic (exact) mass is 265 g/mol. The van der Waals surface area contributed by atoms with E-state index in [4.69, 9.17) is 5.11 Å². The molecule has 0 amide bonds. The number of nitrogens with zero attached hydrogens (tertiary/aromatic N) is 3. The number of rotatable bonds is 3. The zero-order valence-corrected chi connectivity index (χ0v) is 10.8. The molecule has 1 atom stereocenters. The number of likely N-dealkylation sites (tertiary alicyclic amines) is 1. The van der Waals surface area contributed by atoms with E-state index in [0.29, 0.717) is 6.54 Å². The lowest BCUT2D eigenvalue weighted by atomic mass is 9.98. The van der Waals surface area contributed by atoms with Gasteiger partial charge in [-0.2, -0.15) is 0 Å². The molecule has 1 aliphatic heterocycles. The SMILES string of the molecule is O=C(O)C1CCCN(Cc2cn3ccsc3n2)C1. The maximum atomic E-state index is 11.0. The lowest BCUT2D eigenvalue weighted by molar-refractivity contribution is -0.143. The van der Waals surface area contributed by atoms with E-state index in [1.165, 1.54) is 0 Å². The molecule has 0 spiro atoms. The highest BCUT2D eigenvalue weighted by Crippen LogP contribution is 2.19. The minimum atomic E-state index is -0.675. The van der Waals surface area contributed by atoms with E-state index in [1.54, 1.807) is 11.3 Å². The van der Waals surface area contributed by atoms with Crippen LogP contribution in [-0.4, -0.2) is 38.4 Å². The Morgan fingerprint density at radius 3 is 3.28 bits per heavy atom. The third-order valence-corrected chi connectivity index (χ3v) is 4.15. The Morgan fingerprint density at radius 1 is 1.61 bits per heavy atom. The van der Waals surface area contributed by atoms with Crippen LogP contribution in [0, 0.1) is 5.92 Å². The summed E-state index contributed by atoms with van der Waals surface area (Å²) >= 11 is 1.61. The Morgan fingerprint density at radius 2 is 2.50 bits per heavy atom. The second-order valence-corrected chi connectivity index (χ2v) is 5.61. The van der Waals surface area contributed by atoms with Crippen molar-refractivity contribution in [3.63, 3.8) is 0 Å². The van der Waals surface area contributed by atoms with E-state index in [9.17, 15) is 4.79 Å². The summed E-state index contributed by atoms with van der Waals surface area (Å²) in [5.74, 6) is -0.895. The van der Waals surface area contributed by atoms with Gasteiger partial charge in [0.1, 0.15) is 0 Å². The van der Waals surface area contributed by atoms with Crippen molar-refractivity contribution >= 4 is 22.3 Å². The van der Waals surface area contributed by atoms with Gasteiger partial charge in [0.25, 0.3) is 0 Å². The van der Waals surface area contributed by atoms with Crippen molar-refractivity contribution in [3.8, 4) is 0 Å². The van der Waals surface area contributed by atoms with Crippen LogP contribution >= 0.6 is 11.3 Å². The van der Waals surface area contributed by atoms with Gasteiger partial charge in [-0.1, -0.05) is 0 Å². The molecule has 0 aromatic carbocycles. The number of aromatic nitrogens is 2. The maximum Gasteiger partial charge on any atom is 0.307 e. The van der Waals surface area contributed by atoms with Crippen LogP contribution in [0.15, 0.2) is 17.8 Å². The van der Waals surface area contributed by atoms with Gasteiger partial charge in [0.05, 0.1) is 11.6 Å². The van der Waals surface area contributed by atoms with E-state index in [1.807, 2.05) is 22.2 Å². The fourth-order valence-corrected chi connectivity index (χ4v) is 3.20. The zero-order valence-electron chi connectivity index (χ0n) is 9.95. The quantitative estimate of drug-likeness (QED) is 0.917. The summed E-state index contributed by atoms with van der Waals surface area (Å²) in [6, 6.07) is 0. The Kier molecular flexibility index (Phi) is 3.05. The van der Waals surface area contributed by atoms with Crippen molar-refractivity contribution in [2.24, 2.45) is 5.92 Å². The van der Waals surface area contributed by atoms with Gasteiger partial charge in [0, 0.05) is 30.9 Å². The van der Waals surface area contributed by atoms with Gasteiger partial charge in [-0.05, 0) is 19.4 Å². The number of carbonyl (C=O) groups is 1. The summed E-state index contributed by atoms with van der Waals surface area (Å²) in [7, 11) is 0. The van der Waals surface area contributed by atoms with Crippen LogP contribution in [0.25, 0.3) is 4.96 Å². The lowest BCUT2D eigenvalue weighted by Gasteiger charge is -2.29. The molecule has 0 radical (unpaired) electrons. The average molecular weight is 265 g/mol. The van der Waals surface area contributed by atoms with E-state index in [2.05, 4.69) is 9.88 Å². The van der Waals surface area contributed by atoms with Crippen molar-refractivity contribution in [1.29, 1.82) is 0 Å². The summed E-state index contributed by atoms with van der Waals surface area (Å²) < 4.78 is 2.01. The first-order valence-electron chi connectivity index (χ1n) is 6.08. The molecule has 96 valence electrons. The Hall–Kier alpha value is -1.40. The molecule has 5 nitrogen and oxygen atoms in total. The Balaban J connectivity index is 1.68. The van der Waals surface area contributed by atoms with Gasteiger partial charge < -0.3 is 5.11 Å². The summed E-state index contributed by atoms with van der Waals surface area (Å²) in [4.78, 5) is 18.7. The van der Waals surface area contributed by atoms with Gasteiger partial charge in [0.2, 0.25) is 0 Å². The number of fused-ring (bicyclic) bond motifs is 1. The third-order valence-electron chi connectivity index (χ3n) is 3.38. The smallest absolute Gasteiger partial charge is 0.307 e. The van der Waals surface area contributed by atoms with Crippen molar-refractivity contribution in [3.05, 3.63) is 23.5 Å². The zero-order chi connectivity index (χ0) is 12.5. The second-order valence-electron chi connectivity index (χ2n) is 4.74. The third kappa shape index (κ3) is 2.26. The van der Waals surface area contributed by atoms with Crippen LogP contribution in [-0.2, 0) is 11.3 Å². The summed E-state index contributed by atoms with van der Waals surface area (Å²) in [6.07, 6.45) is 5.77. The standard InChI is InChI=1S/C12H15N3O2S/c16-11(17)9-2-1-3-14(6-9)7-10-8-15-4-5-18-12(15)13-10/h4-5,8-9H,1-3,6-7H2,(H,16,17). The van der Waals surface area contributed by atoms with E-state index < -0.39 is 5.97 Å². The second kappa shape index (κ2) is 4.70. The molecule has 1 fully saturated rings. The maximum absolute atomic E-state index is 11.0. The van der Waals surface area contributed by atoms with Crippen molar-refractivity contribution < 1.29 is 9.90 Å². The van der Waals surface area contributed by atoms with Gasteiger partial charge in [-0.3, -0.25) is 14.1 Å². The average Bonchev–Trinajstić information content (AvgIpc) is 2.90. The van der Waals surface area contributed by atoms with Gasteiger partial charge in [-0.15, -0.1) is 11.3 Å². The molecule has 1 aliphatic rings. The summed E-state index contributed by atoms with van der Waals surface area (Å²) in [6.45, 7) is 2.35. The number of piperidine rings is 1. The number of hydrogen-bond acceptors (Lipinski definition) is 4. The fraction of sp³-hybridized carbons (Fsp3) is 0.500. The van der Waals surface area contributed by atoms with Crippen molar-refractivity contribution in [1.82, 2.24) is 14.3 Å². The lowest BCUT2D eigenvalue weighted by Crippen LogP contribution is -2.38. The van der Waals surface area contributed by atoms with Crippen LogP contribution in [0.1, 0.15) is 18.5 Å². The van der Waals surface area contributed by atoms with Gasteiger partial charge in [0.15, 0.2) is 4.96 Å². The molecule has 1 N–H and O–H groups in total. The molecule has 1 unspecified atom stereocenters. The minimum absolute atomic E-state index is 0.220. The number of aliphatic carboxylic acids is 1. The molecule has 1 saturated heterocycles. The summed E-state index contributed by atoms with van der Waals surface area (Å²) in [5.41, 5.74) is 1.02. The first-order chi connectivity index (χ1) is 8.72. The number of thiazole rings is 1. The molecule has 3 heterocycles. The predicted molar refractivity (Wildman–Crippen MR) is 68.7 cm³/mol. The summed E-state index contributed by atoms with van der Waals surface area (Å²) in [5, 5.41) is 11.1. The largest absolute Gasteiger partial charge is 0.481 e. The molecule has 6 heteroatoms. The first-order valence-corrected chi connectivity index (χ1v) is 6.96. The van der Waals surface area contributed by atoms with Crippen molar-refractivity contribution in [2.75, 3.05) is 13.1 Å². The van der Waals surface area contributed by atoms with Crippen LogP contribution in [0.3, 0.4) is 0 Å². The molecule has 2 aromatic heterocycles. The Bertz CT molecular complexity index is 534. The molecule has 3 rings (SSSR count). The Labute approximate surface area is 109 Å². The minimum Gasteiger partial charge on any atom is -0.481 e. The molecule has 0 bridgehead atoms. The molecule has 0 saturated carbocycles. The highest BCUT2D eigenvalue weighted by molar-refractivity contribution is 7.15. The van der Waals surface area contributed by atoms with E-state index >= 15 is 0 Å². The number of imidazole rings is 1. The predicted octanol–water partition coefficient (Wildman–Crippen LogP) is 1.69. The molecular weight excluding hydrogens is 250 g/mol. The fourth-order valence-electron chi connectivity index (χ4n) is 2.48. The highest BCUT2D eigenvalue weighted by Gasteiger charge is 2.25. The van der Waals surface area contributed by atoms with E-state index in [0.717, 1.165) is 36.6 Å². The molecule has 18 heavy (non-hydrogen) atoms. The van der Waals surface area contributed by atoms with Crippen LogP contribution in [0.4, 0.5) is 0 Å². The molecular formula is C12H15N3O2S. The van der Waals surface area contributed by atoms with Crippen molar-refractivity contribution in [2.45, 2.75) is 19.4 Å². The van der Waals surface area contributed by atoms with Crippen LogP contribution in [0.2, 0.25) is 0 Å². The number of carboxylic acids is 1. The molecule has 2 aromatic rings. The van der Waals surface area contributed by atoms with Gasteiger partial charge >= 0.3 is 5.97 Å². The normalized spacial score (nSPS) is 21.4.